The number of carbonyl (C=O) groups excluding carboxylic acids is 1. The number of hydrogen-bond donors (Lipinski definition) is 1. The van der Waals surface area contributed by atoms with Crippen molar-refractivity contribution in [2.24, 2.45) is 16.5 Å². The van der Waals surface area contributed by atoms with Gasteiger partial charge in [-0.3, -0.25) is 4.79 Å². The zero-order chi connectivity index (χ0) is 20.8. The van der Waals surface area contributed by atoms with Crippen molar-refractivity contribution in [2.45, 2.75) is 51.0 Å². The van der Waals surface area contributed by atoms with Gasteiger partial charge >= 0.3 is 0 Å². The average Bonchev–Trinajstić information content (AvgIpc) is 3.44. The first-order valence-electron chi connectivity index (χ1n) is 11.1. The number of benzene rings is 1. The lowest BCUT2D eigenvalue weighted by atomic mass is 9.74. The van der Waals surface area contributed by atoms with Crippen LogP contribution in [0.3, 0.4) is 0 Å². The number of nitrogens with one attached hydrogen (secondary N) is 1. The predicted molar refractivity (Wildman–Crippen MR) is 111 cm³/mol. The minimum atomic E-state index is -0.494. The molecule has 30 heavy (non-hydrogen) atoms. The van der Waals surface area contributed by atoms with Crippen LogP contribution in [0.5, 0.6) is 0 Å². The zero-order valence-electron chi connectivity index (χ0n) is 17.4. The molecule has 4 rings (SSSR count). The van der Waals surface area contributed by atoms with Gasteiger partial charge in [-0.1, -0.05) is 17.3 Å². The molecule has 2 saturated heterocycles. The number of ether oxygens (including phenoxy) is 2. The summed E-state index contributed by atoms with van der Waals surface area (Å²) in [6.07, 6.45) is 5.56. The van der Waals surface area contributed by atoms with E-state index < -0.39 is 5.41 Å². The van der Waals surface area contributed by atoms with Crippen molar-refractivity contribution in [1.82, 2.24) is 5.32 Å². The standard InChI is InChI=1S/C23H31FN2O4/c24-19-5-1-4-18(13-19)21-14-20(30-26-21)15-23(7-11-28-12-8-23)22(27)25-9-2-3-17-6-10-29-16-17/h1,4-5,13,17,20H,2-3,6-12,14-16H2,(H,25,27). The molecule has 0 aliphatic carbocycles. The van der Waals surface area contributed by atoms with E-state index in [4.69, 9.17) is 14.3 Å². The Bertz CT molecular complexity index is 757. The van der Waals surface area contributed by atoms with Crippen LogP contribution in [0.15, 0.2) is 29.4 Å². The highest BCUT2D eigenvalue weighted by atomic mass is 19.1. The summed E-state index contributed by atoms with van der Waals surface area (Å²) in [7, 11) is 0. The zero-order valence-corrected chi connectivity index (χ0v) is 17.4. The van der Waals surface area contributed by atoms with Gasteiger partial charge in [0.25, 0.3) is 0 Å². The molecule has 2 atom stereocenters. The van der Waals surface area contributed by atoms with Crippen molar-refractivity contribution in [1.29, 1.82) is 0 Å². The van der Waals surface area contributed by atoms with Crippen LogP contribution in [0.25, 0.3) is 0 Å². The maximum absolute atomic E-state index is 13.5. The van der Waals surface area contributed by atoms with Crippen LogP contribution >= 0.6 is 0 Å². The Morgan fingerprint density at radius 1 is 1.23 bits per heavy atom. The minimum absolute atomic E-state index is 0.0938. The largest absolute Gasteiger partial charge is 0.392 e. The summed E-state index contributed by atoms with van der Waals surface area (Å²) in [5.41, 5.74) is 0.978. The van der Waals surface area contributed by atoms with Crippen molar-refractivity contribution in [3.8, 4) is 0 Å². The van der Waals surface area contributed by atoms with E-state index in [0.717, 1.165) is 43.8 Å². The molecular weight excluding hydrogens is 387 g/mol. The number of rotatable bonds is 8. The highest BCUT2D eigenvalue weighted by molar-refractivity contribution is 6.01. The molecule has 7 heteroatoms. The summed E-state index contributed by atoms with van der Waals surface area (Å²) in [6.45, 7) is 3.56. The lowest BCUT2D eigenvalue weighted by Crippen LogP contribution is -2.46. The van der Waals surface area contributed by atoms with Gasteiger partial charge in [-0.25, -0.2) is 4.39 Å². The topological polar surface area (TPSA) is 69.2 Å². The molecule has 2 unspecified atom stereocenters. The monoisotopic (exact) mass is 418 g/mol. The van der Waals surface area contributed by atoms with Crippen LogP contribution < -0.4 is 5.32 Å². The molecule has 1 aromatic carbocycles. The maximum atomic E-state index is 13.5. The normalized spacial score (nSPS) is 25.6. The van der Waals surface area contributed by atoms with E-state index in [1.54, 1.807) is 6.07 Å². The van der Waals surface area contributed by atoms with Crippen molar-refractivity contribution < 1.29 is 23.5 Å². The third-order valence-corrected chi connectivity index (χ3v) is 6.54. The van der Waals surface area contributed by atoms with Gasteiger partial charge in [-0.15, -0.1) is 0 Å². The van der Waals surface area contributed by atoms with Crippen molar-refractivity contribution in [3.63, 3.8) is 0 Å². The molecule has 1 aromatic rings. The number of oxime groups is 1. The van der Waals surface area contributed by atoms with Gasteiger partial charge in [-0.05, 0) is 50.2 Å². The van der Waals surface area contributed by atoms with Crippen LogP contribution in [-0.4, -0.2) is 50.7 Å². The third kappa shape index (κ3) is 5.19. The van der Waals surface area contributed by atoms with Gasteiger partial charge in [0, 0.05) is 51.4 Å². The number of nitrogens with zero attached hydrogens (tertiary/aromatic N) is 1. The van der Waals surface area contributed by atoms with Crippen molar-refractivity contribution in [3.05, 3.63) is 35.6 Å². The van der Waals surface area contributed by atoms with Gasteiger partial charge in [-0.2, -0.15) is 0 Å². The van der Waals surface area contributed by atoms with Crippen LogP contribution in [-0.2, 0) is 19.1 Å². The fraction of sp³-hybridized carbons (Fsp3) is 0.652. The maximum Gasteiger partial charge on any atom is 0.226 e. The van der Waals surface area contributed by atoms with Crippen LogP contribution in [0, 0.1) is 17.2 Å². The summed E-state index contributed by atoms with van der Waals surface area (Å²) < 4.78 is 24.5. The second kappa shape index (κ2) is 9.88. The van der Waals surface area contributed by atoms with E-state index in [9.17, 15) is 9.18 Å². The molecule has 0 aromatic heterocycles. The Balaban J connectivity index is 1.31. The van der Waals surface area contributed by atoms with Crippen LogP contribution in [0.1, 0.15) is 50.5 Å². The highest BCUT2D eigenvalue weighted by Gasteiger charge is 2.43. The fourth-order valence-corrected chi connectivity index (χ4v) is 4.69. The number of hydrogen-bond acceptors (Lipinski definition) is 5. The van der Waals surface area contributed by atoms with E-state index in [1.807, 2.05) is 6.07 Å². The average molecular weight is 419 g/mol. The quantitative estimate of drug-likeness (QED) is 0.657. The van der Waals surface area contributed by atoms with Gasteiger partial charge in [0.05, 0.1) is 11.1 Å². The van der Waals surface area contributed by atoms with Crippen LogP contribution in [0.4, 0.5) is 4.39 Å². The van der Waals surface area contributed by atoms with Crippen molar-refractivity contribution >= 4 is 11.6 Å². The lowest BCUT2D eigenvalue weighted by Gasteiger charge is -2.37. The molecule has 3 aliphatic rings. The second-order valence-electron chi connectivity index (χ2n) is 8.70. The first-order chi connectivity index (χ1) is 14.6. The predicted octanol–water partition coefficient (Wildman–Crippen LogP) is 3.44. The Morgan fingerprint density at radius 2 is 2.10 bits per heavy atom. The fourth-order valence-electron chi connectivity index (χ4n) is 4.69. The minimum Gasteiger partial charge on any atom is -0.392 e. The number of amides is 1. The molecule has 6 nitrogen and oxygen atoms in total. The Labute approximate surface area is 177 Å². The molecule has 3 heterocycles. The molecule has 0 radical (unpaired) electrons. The summed E-state index contributed by atoms with van der Waals surface area (Å²) >= 11 is 0. The second-order valence-corrected chi connectivity index (χ2v) is 8.70. The molecular formula is C23H31FN2O4. The Hall–Kier alpha value is -1.99. The molecule has 1 amide bonds. The highest BCUT2D eigenvalue weighted by Crippen LogP contribution is 2.38. The van der Waals surface area contributed by atoms with E-state index in [0.29, 0.717) is 51.4 Å². The molecule has 164 valence electrons. The molecule has 3 aliphatic heterocycles. The van der Waals surface area contributed by atoms with Crippen molar-refractivity contribution in [2.75, 3.05) is 33.0 Å². The van der Waals surface area contributed by atoms with Gasteiger partial charge in [0.2, 0.25) is 5.91 Å². The lowest BCUT2D eigenvalue weighted by molar-refractivity contribution is -0.140. The molecule has 0 spiro atoms. The smallest absolute Gasteiger partial charge is 0.226 e. The Morgan fingerprint density at radius 3 is 2.87 bits per heavy atom. The van der Waals surface area contributed by atoms with E-state index in [1.165, 1.54) is 12.1 Å². The molecule has 0 bridgehead atoms. The summed E-state index contributed by atoms with van der Waals surface area (Å²) in [6, 6.07) is 6.39. The Kier molecular flexibility index (Phi) is 7.00. The van der Waals surface area contributed by atoms with E-state index >= 15 is 0 Å². The summed E-state index contributed by atoms with van der Waals surface area (Å²) in [5, 5.41) is 7.34. The summed E-state index contributed by atoms with van der Waals surface area (Å²) in [4.78, 5) is 18.8. The van der Waals surface area contributed by atoms with Gasteiger partial charge < -0.3 is 19.6 Å². The van der Waals surface area contributed by atoms with Gasteiger partial charge in [0.15, 0.2) is 0 Å². The van der Waals surface area contributed by atoms with Crippen LogP contribution in [0.2, 0.25) is 0 Å². The van der Waals surface area contributed by atoms with Gasteiger partial charge in [0.1, 0.15) is 11.9 Å². The first-order valence-corrected chi connectivity index (χ1v) is 11.1. The first kappa shape index (κ1) is 21.2. The summed E-state index contributed by atoms with van der Waals surface area (Å²) in [5.74, 6) is 0.434. The number of carbonyl (C=O) groups is 1. The third-order valence-electron chi connectivity index (χ3n) is 6.54. The number of halogens is 1. The SMILES string of the molecule is O=C(NCCCC1CCOC1)C1(CC2CC(c3cccc(F)c3)=NO2)CCOCC1. The van der Waals surface area contributed by atoms with E-state index in [2.05, 4.69) is 10.5 Å². The molecule has 2 fully saturated rings. The molecule has 1 N–H and O–H groups in total. The molecule has 0 saturated carbocycles. The van der Waals surface area contributed by atoms with E-state index in [-0.39, 0.29) is 17.8 Å².